The van der Waals surface area contributed by atoms with Gasteiger partial charge in [0.1, 0.15) is 0 Å². The maximum absolute atomic E-state index is 10.7. The Kier molecular flexibility index (Phi) is 8.82. The molecule has 5 nitrogen and oxygen atoms in total. The molecule has 0 aromatic heterocycles. The smallest absolute Gasteiger partial charge is 0.317 e. The number of nitrogens with one attached hydrogen (secondary N) is 3. The monoisotopic (exact) mass is 293 g/mol. The Morgan fingerprint density at radius 3 is 2.00 bits per heavy atom. The molecule has 106 valence electrons. The Morgan fingerprint density at radius 1 is 1.28 bits per heavy atom. The van der Waals surface area contributed by atoms with E-state index in [9.17, 15) is 4.79 Å². The normalized spacial score (nSPS) is 18.2. The summed E-state index contributed by atoms with van der Waals surface area (Å²) in [5, 5.41) is 18.5. The van der Waals surface area contributed by atoms with Crippen molar-refractivity contribution in [1.82, 2.24) is 16.0 Å². The zero-order valence-electron chi connectivity index (χ0n) is 11.5. The molecule has 4 N–H and O–H groups in total. The van der Waals surface area contributed by atoms with Crippen molar-refractivity contribution in [3.8, 4) is 0 Å². The fraction of sp³-hybridized carbons (Fsp3) is 0.909. The molecule has 0 spiro atoms. The molecule has 0 rings (SSSR count). The van der Waals surface area contributed by atoms with Gasteiger partial charge in [-0.3, -0.25) is 20.7 Å². The lowest BCUT2D eigenvalue weighted by molar-refractivity contribution is -0.136. The largest absolute Gasteiger partial charge is 0.480 e. The molecule has 0 aliphatic carbocycles. The first kappa shape index (κ1) is 17.9. The Hall–Kier alpha value is -0.130. The second-order valence-corrected chi connectivity index (χ2v) is 5.86. The summed E-state index contributed by atoms with van der Waals surface area (Å²) < 4.78 is 0. The summed E-state index contributed by atoms with van der Waals surface area (Å²) in [5.74, 6) is -0.894. The van der Waals surface area contributed by atoms with Crippen molar-refractivity contribution in [2.75, 3.05) is 6.54 Å². The van der Waals surface area contributed by atoms with Crippen LogP contribution in [0.1, 0.15) is 40.5 Å². The van der Waals surface area contributed by atoms with Crippen LogP contribution in [0.25, 0.3) is 0 Å². The Bertz CT molecular complexity index is 267. The van der Waals surface area contributed by atoms with E-state index in [0.29, 0.717) is 7.36 Å². The predicted octanol–water partition coefficient (Wildman–Crippen LogP) is 1.46. The van der Waals surface area contributed by atoms with Gasteiger partial charge in [-0.05, 0) is 26.7 Å². The van der Waals surface area contributed by atoms with Crippen LogP contribution < -0.4 is 16.0 Å². The number of rotatable bonds is 10. The van der Waals surface area contributed by atoms with Gasteiger partial charge in [0, 0.05) is 19.4 Å². The first-order chi connectivity index (χ1) is 8.39. The van der Waals surface area contributed by atoms with Gasteiger partial charge in [0.2, 0.25) is 0 Å². The molecule has 18 heavy (non-hydrogen) atoms. The van der Waals surface area contributed by atoms with Gasteiger partial charge >= 0.3 is 5.97 Å². The number of carboxylic acid groups (broad SMARTS) is 1. The lowest BCUT2D eigenvalue weighted by Gasteiger charge is -2.36. The van der Waals surface area contributed by atoms with Crippen LogP contribution in [0.2, 0.25) is 0 Å². The minimum absolute atomic E-state index is 0.128. The summed E-state index contributed by atoms with van der Waals surface area (Å²) >= 11 is 5.16. The van der Waals surface area contributed by atoms with Gasteiger partial charge in [-0.25, -0.2) is 0 Å². The van der Waals surface area contributed by atoms with Crippen LogP contribution >= 0.6 is 7.36 Å². The minimum Gasteiger partial charge on any atom is -0.480 e. The van der Waals surface area contributed by atoms with Gasteiger partial charge in [-0.2, -0.15) is 0 Å². The molecule has 0 heterocycles. The first-order valence-electron chi connectivity index (χ1n) is 6.25. The molecule has 0 fully saturated rings. The van der Waals surface area contributed by atoms with Crippen LogP contribution in [0.5, 0.6) is 0 Å². The maximum Gasteiger partial charge on any atom is 0.317 e. The van der Waals surface area contributed by atoms with Gasteiger partial charge in [0.15, 0.2) is 5.53 Å². The fourth-order valence-electron chi connectivity index (χ4n) is 1.35. The molecule has 0 aliphatic rings. The van der Waals surface area contributed by atoms with E-state index in [0.717, 1.165) is 12.8 Å². The zero-order chi connectivity index (χ0) is 14.2. The molecule has 2 atom stereocenters. The molecule has 0 amide bonds. The van der Waals surface area contributed by atoms with E-state index in [1.165, 1.54) is 0 Å². The van der Waals surface area contributed by atoms with Crippen molar-refractivity contribution < 1.29 is 9.90 Å². The third kappa shape index (κ3) is 6.71. The molecule has 0 aromatic carbocycles. The highest BCUT2D eigenvalue weighted by atomic mass is 32.4. The van der Waals surface area contributed by atoms with Gasteiger partial charge in [0.05, 0.1) is 6.54 Å². The van der Waals surface area contributed by atoms with E-state index in [1.807, 2.05) is 0 Å². The van der Waals surface area contributed by atoms with Crippen molar-refractivity contribution in [3.63, 3.8) is 0 Å². The maximum atomic E-state index is 10.7. The highest BCUT2D eigenvalue weighted by molar-refractivity contribution is 7.97. The zero-order valence-corrected chi connectivity index (χ0v) is 13.2. The summed E-state index contributed by atoms with van der Waals surface area (Å²) in [6.07, 6.45) is 1.90. The summed E-state index contributed by atoms with van der Waals surface area (Å²) in [5.41, 5.74) is -0.724. The summed E-state index contributed by atoms with van der Waals surface area (Å²) in [6.45, 7) is 8.12. The summed E-state index contributed by atoms with van der Waals surface area (Å²) in [7, 11) is 0.615. The molecule has 7 heteroatoms. The molecule has 0 aliphatic heterocycles. The number of hydrogen-bond donors (Lipinski definition) is 4. The topological polar surface area (TPSA) is 73.4 Å². The second kappa shape index (κ2) is 8.88. The molecular weight excluding hydrogens is 269 g/mol. The standard InChI is InChI=1S/C11H24N3O2PS/c1-5-8(3)13-11(17-18,12-7-10(15)16)14-9(4)6-2/h8-9,12-14H,5-7H2,1-4H3,(H,15,16). The molecule has 2 unspecified atom stereocenters. The number of carboxylic acids is 1. The lowest BCUT2D eigenvalue weighted by Crippen LogP contribution is -2.66. The minimum atomic E-state index is -0.894. The Labute approximate surface area is 116 Å². The van der Waals surface area contributed by atoms with Gasteiger partial charge in [0.25, 0.3) is 0 Å². The quantitative estimate of drug-likeness (QED) is 0.361. The van der Waals surface area contributed by atoms with Gasteiger partial charge in [-0.15, -0.1) is 0 Å². The van der Waals surface area contributed by atoms with Gasteiger partial charge in [-0.1, -0.05) is 25.7 Å². The average molecular weight is 293 g/mol. The average Bonchev–Trinajstić information content (AvgIpc) is 2.35. The van der Waals surface area contributed by atoms with Crippen molar-refractivity contribution in [2.24, 2.45) is 0 Å². The predicted molar refractivity (Wildman–Crippen MR) is 78.4 cm³/mol. The highest BCUT2D eigenvalue weighted by Crippen LogP contribution is 2.16. The molecule has 0 aromatic rings. The summed E-state index contributed by atoms with van der Waals surface area (Å²) in [4.78, 5) is 10.7. The van der Waals surface area contributed by atoms with Gasteiger partial charge < -0.3 is 5.11 Å². The van der Waals surface area contributed by atoms with Crippen molar-refractivity contribution >= 4 is 25.1 Å². The van der Waals surface area contributed by atoms with E-state index in [4.69, 9.17) is 16.9 Å². The molecule has 0 saturated carbocycles. The van der Waals surface area contributed by atoms with E-state index in [-0.39, 0.29) is 18.6 Å². The van der Waals surface area contributed by atoms with Crippen molar-refractivity contribution in [1.29, 1.82) is 0 Å². The molecule has 0 bridgehead atoms. The first-order valence-corrected chi connectivity index (χ1v) is 8.16. The van der Waals surface area contributed by atoms with E-state index >= 15 is 0 Å². The van der Waals surface area contributed by atoms with Crippen LogP contribution in [0.3, 0.4) is 0 Å². The van der Waals surface area contributed by atoms with E-state index < -0.39 is 11.5 Å². The number of carbonyl (C=O) groups is 1. The lowest BCUT2D eigenvalue weighted by atomic mass is 10.2. The fourth-order valence-corrected chi connectivity index (χ4v) is 2.55. The third-order valence-electron chi connectivity index (χ3n) is 2.77. The van der Waals surface area contributed by atoms with E-state index in [1.54, 1.807) is 0 Å². The van der Waals surface area contributed by atoms with Crippen molar-refractivity contribution in [2.45, 2.75) is 58.1 Å². The van der Waals surface area contributed by atoms with Crippen LogP contribution in [-0.2, 0) is 16.6 Å². The Morgan fingerprint density at radius 2 is 1.72 bits per heavy atom. The molecule has 0 radical (unpaired) electrons. The number of hydrogen-bond acceptors (Lipinski definition) is 5. The van der Waals surface area contributed by atoms with Crippen LogP contribution in [0.15, 0.2) is 0 Å². The van der Waals surface area contributed by atoms with Crippen LogP contribution in [-0.4, -0.2) is 35.2 Å². The molecule has 0 saturated heterocycles. The second-order valence-electron chi connectivity index (χ2n) is 4.46. The highest BCUT2D eigenvalue weighted by Gasteiger charge is 2.30. The van der Waals surface area contributed by atoms with Crippen LogP contribution in [0, 0.1) is 0 Å². The third-order valence-corrected chi connectivity index (χ3v) is 4.28. The van der Waals surface area contributed by atoms with E-state index in [2.05, 4.69) is 43.6 Å². The van der Waals surface area contributed by atoms with Crippen LogP contribution in [0.4, 0.5) is 0 Å². The Balaban J connectivity index is 4.81. The SMILES string of the molecule is CCC(C)NC(NCC(=O)O)(NC(C)CC)P=S. The number of aliphatic carboxylic acids is 1. The summed E-state index contributed by atoms with van der Waals surface area (Å²) in [6, 6.07) is 0.497. The molecular formula is C11H24N3O2PS. The van der Waals surface area contributed by atoms with Crippen molar-refractivity contribution in [3.05, 3.63) is 0 Å².